The van der Waals surface area contributed by atoms with Crippen LogP contribution in [-0.4, -0.2) is 9.55 Å². The van der Waals surface area contributed by atoms with Crippen molar-refractivity contribution < 1.29 is 0 Å². The highest BCUT2D eigenvalue weighted by Gasteiger charge is 2.05. The third-order valence-electron chi connectivity index (χ3n) is 3.19. The number of aromatic nitrogens is 2. The van der Waals surface area contributed by atoms with E-state index in [1.807, 2.05) is 48.5 Å². The summed E-state index contributed by atoms with van der Waals surface area (Å²) in [6, 6.07) is 15.4. The molecule has 0 saturated carbocycles. The summed E-state index contributed by atoms with van der Waals surface area (Å²) in [6.07, 6.45) is 0.780. The molecule has 1 aromatic heterocycles. The number of halogens is 1. The first kappa shape index (κ1) is 12.1. The Kier molecular flexibility index (Phi) is 3.13. The molecule has 1 N–H and O–H groups in total. The Bertz CT molecular complexity index is 773. The highest BCUT2D eigenvalue weighted by atomic mass is 35.5. The number of rotatable bonds is 3. The molecule has 4 heteroatoms. The zero-order valence-corrected chi connectivity index (χ0v) is 11.0. The Balaban J connectivity index is 1.90. The lowest BCUT2D eigenvalue weighted by Gasteiger charge is -2.04. The van der Waals surface area contributed by atoms with Gasteiger partial charge < -0.3 is 4.98 Å². The second-order valence-electron chi connectivity index (χ2n) is 4.48. The lowest BCUT2D eigenvalue weighted by atomic mass is 10.1. The van der Waals surface area contributed by atoms with Crippen LogP contribution in [0.2, 0.25) is 5.02 Å². The quantitative estimate of drug-likeness (QED) is 0.781. The summed E-state index contributed by atoms with van der Waals surface area (Å²) >= 11 is 5.96. The maximum Gasteiger partial charge on any atom is 0.326 e. The van der Waals surface area contributed by atoms with Crippen LogP contribution >= 0.6 is 11.6 Å². The minimum absolute atomic E-state index is 0.0665. The van der Waals surface area contributed by atoms with Gasteiger partial charge in [0.2, 0.25) is 0 Å². The zero-order valence-electron chi connectivity index (χ0n) is 10.3. The average molecular weight is 273 g/mol. The molecule has 3 aromatic rings. The Morgan fingerprint density at radius 2 is 1.95 bits per heavy atom. The summed E-state index contributed by atoms with van der Waals surface area (Å²) in [4.78, 5) is 14.8. The van der Waals surface area contributed by atoms with Crippen LogP contribution < -0.4 is 5.69 Å². The number of nitrogens with zero attached hydrogens (tertiary/aromatic N) is 1. The van der Waals surface area contributed by atoms with Crippen molar-refractivity contribution in [3.63, 3.8) is 0 Å². The van der Waals surface area contributed by atoms with Crippen LogP contribution in [-0.2, 0) is 13.0 Å². The molecule has 0 unspecified atom stereocenters. The van der Waals surface area contributed by atoms with Gasteiger partial charge in [0.1, 0.15) is 0 Å². The van der Waals surface area contributed by atoms with Crippen LogP contribution in [0.15, 0.2) is 53.3 Å². The predicted octanol–water partition coefficient (Wildman–Crippen LogP) is 3.23. The monoisotopic (exact) mass is 272 g/mol. The van der Waals surface area contributed by atoms with Gasteiger partial charge in [-0.2, -0.15) is 0 Å². The topological polar surface area (TPSA) is 37.8 Å². The molecule has 0 aliphatic rings. The molecule has 0 aliphatic heterocycles. The average Bonchev–Trinajstić information content (AvgIpc) is 2.72. The molecular formula is C15H13ClN2O. The second kappa shape index (κ2) is 4.94. The van der Waals surface area contributed by atoms with Crippen molar-refractivity contribution in [3.8, 4) is 0 Å². The van der Waals surface area contributed by atoms with E-state index in [0.29, 0.717) is 6.54 Å². The highest BCUT2D eigenvalue weighted by molar-refractivity contribution is 6.30. The Morgan fingerprint density at radius 1 is 1.11 bits per heavy atom. The second-order valence-corrected chi connectivity index (χ2v) is 4.92. The van der Waals surface area contributed by atoms with Crippen molar-refractivity contribution in [2.75, 3.05) is 0 Å². The van der Waals surface area contributed by atoms with Crippen LogP contribution in [0.5, 0.6) is 0 Å². The summed E-state index contributed by atoms with van der Waals surface area (Å²) in [5.41, 5.74) is 2.88. The SMILES string of the molecule is O=c1[nH]c2ccccc2n1CCc1cccc(Cl)c1. The van der Waals surface area contributed by atoms with E-state index in [4.69, 9.17) is 11.6 Å². The summed E-state index contributed by atoms with van der Waals surface area (Å²) in [7, 11) is 0. The normalized spacial score (nSPS) is 11.0. The summed E-state index contributed by atoms with van der Waals surface area (Å²) in [5.74, 6) is 0. The third-order valence-corrected chi connectivity index (χ3v) is 3.43. The fourth-order valence-corrected chi connectivity index (χ4v) is 2.48. The molecule has 0 aliphatic carbocycles. The van der Waals surface area contributed by atoms with Gasteiger partial charge in [-0.25, -0.2) is 4.79 Å². The number of aryl methyl sites for hydroxylation is 2. The first-order chi connectivity index (χ1) is 9.24. The Morgan fingerprint density at radius 3 is 2.79 bits per heavy atom. The van der Waals surface area contributed by atoms with Crippen LogP contribution in [0, 0.1) is 0 Å². The summed E-state index contributed by atoms with van der Waals surface area (Å²) in [6.45, 7) is 0.642. The van der Waals surface area contributed by atoms with E-state index >= 15 is 0 Å². The minimum Gasteiger partial charge on any atom is -0.306 e. The first-order valence-corrected chi connectivity index (χ1v) is 6.54. The zero-order chi connectivity index (χ0) is 13.2. The minimum atomic E-state index is -0.0665. The van der Waals surface area contributed by atoms with Gasteiger partial charge in [0.05, 0.1) is 11.0 Å². The van der Waals surface area contributed by atoms with Gasteiger partial charge in [0, 0.05) is 11.6 Å². The number of aromatic amines is 1. The molecule has 1 heterocycles. The van der Waals surface area contributed by atoms with Gasteiger partial charge in [-0.1, -0.05) is 35.9 Å². The Hall–Kier alpha value is -2.00. The summed E-state index contributed by atoms with van der Waals surface area (Å²) < 4.78 is 1.76. The van der Waals surface area contributed by atoms with Gasteiger partial charge in [-0.05, 0) is 36.2 Å². The van der Waals surface area contributed by atoms with E-state index in [0.717, 1.165) is 28.0 Å². The van der Waals surface area contributed by atoms with Crippen LogP contribution in [0.3, 0.4) is 0 Å². The maximum atomic E-state index is 11.9. The van der Waals surface area contributed by atoms with Crippen molar-refractivity contribution in [1.29, 1.82) is 0 Å². The van der Waals surface area contributed by atoms with Crippen molar-refractivity contribution in [1.82, 2.24) is 9.55 Å². The third kappa shape index (κ3) is 2.42. The summed E-state index contributed by atoms with van der Waals surface area (Å²) in [5, 5.41) is 0.726. The fourth-order valence-electron chi connectivity index (χ4n) is 2.26. The number of fused-ring (bicyclic) bond motifs is 1. The predicted molar refractivity (Wildman–Crippen MR) is 77.7 cm³/mol. The number of para-hydroxylation sites is 2. The van der Waals surface area contributed by atoms with Crippen molar-refractivity contribution in [3.05, 3.63) is 69.6 Å². The number of imidazole rings is 1. The fraction of sp³-hybridized carbons (Fsp3) is 0.133. The molecule has 0 atom stereocenters. The lowest BCUT2D eigenvalue weighted by molar-refractivity contribution is 0.691. The molecular weight excluding hydrogens is 260 g/mol. The van der Waals surface area contributed by atoms with Crippen molar-refractivity contribution in [2.24, 2.45) is 0 Å². The number of H-pyrrole nitrogens is 1. The van der Waals surface area contributed by atoms with Crippen molar-refractivity contribution in [2.45, 2.75) is 13.0 Å². The molecule has 0 fully saturated rings. The molecule has 0 radical (unpaired) electrons. The number of hydrogen-bond acceptors (Lipinski definition) is 1. The number of benzene rings is 2. The molecule has 96 valence electrons. The van der Waals surface area contributed by atoms with Gasteiger partial charge >= 0.3 is 5.69 Å². The van der Waals surface area contributed by atoms with Gasteiger partial charge in [0.25, 0.3) is 0 Å². The number of hydrogen-bond donors (Lipinski definition) is 1. The Labute approximate surface area is 115 Å². The largest absolute Gasteiger partial charge is 0.326 e. The van der Waals surface area contributed by atoms with E-state index in [-0.39, 0.29) is 5.69 Å². The molecule has 2 aromatic carbocycles. The van der Waals surface area contributed by atoms with E-state index in [9.17, 15) is 4.79 Å². The van der Waals surface area contributed by atoms with Gasteiger partial charge in [0.15, 0.2) is 0 Å². The molecule has 3 nitrogen and oxygen atoms in total. The van der Waals surface area contributed by atoms with E-state index in [1.165, 1.54) is 0 Å². The molecule has 0 spiro atoms. The smallest absolute Gasteiger partial charge is 0.306 e. The van der Waals surface area contributed by atoms with E-state index in [2.05, 4.69) is 4.98 Å². The first-order valence-electron chi connectivity index (χ1n) is 6.16. The molecule has 3 rings (SSSR count). The maximum absolute atomic E-state index is 11.9. The molecule has 19 heavy (non-hydrogen) atoms. The van der Waals surface area contributed by atoms with Gasteiger partial charge in [-0.15, -0.1) is 0 Å². The molecule has 0 saturated heterocycles. The van der Waals surface area contributed by atoms with Crippen LogP contribution in [0.1, 0.15) is 5.56 Å². The lowest BCUT2D eigenvalue weighted by Crippen LogP contribution is -2.17. The van der Waals surface area contributed by atoms with Crippen LogP contribution in [0.4, 0.5) is 0 Å². The van der Waals surface area contributed by atoms with E-state index < -0.39 is 0 Å². The van der Waals surface area contributed by atoms with E-state index in [1.54, 1.807) is 4.57 Å². The standard InChI is InChI=1S/C15H13ClN2O/c16-12-5-3-4-11(10-12)8-9-18-14-7-2-1-6-13(14)17-15(18)19/h1-7,10H,8-9H2,(H,17,19). The van der Waals surface area contributed by atoms with Crippen LogP contribution in [0.25, 0.3) is 11.0 Å². The molecule has 0 bridgehead atoms. The van der Waals surface area contributed by atoms with Gasteiger partial charge in [-0.3, -0.25) is 4.57 Å². The number of nitrogens with one attached hydrogen (secondary N) is 1. The molecule has 0 amide bonds. The highest BCUT2D eigenvalue weighted by Crippen LogP contribution is 2.13. The van der Waals surface area contributed by atoms with Crippen molar-refractivity contribution >= 4 is 22.6 Å².